The average Bonchev–Trinajstić information content (AvgIpc) is 2.53. The number of carbonyl (C=O) groups excluding carboxylic acids is 1. The summed E-state index contributed by atoms with van der Waals surface area (Å²) >= 11 is 0. The van der Waals surface area contributed by atoms with E-state index < -0.39 is 5.41 Å². The highest BCUT2D eigenvalue weighted by atomic mass is 35.5. The molecule has 0 saturated carbocycles. The third kappa shape index (κ3) is 4.90. The van der Waals surface area contributed by atoms with Crippen molar-refractivity contribution in [2.24, 2.45) is 0 Å². The first-order valence-electron chi connectivity index (χ1n) is 7.94. The van der Waals surface area contributed by atoms with Crippen molar-refractivity contribution in [3.05, 3.63) is 35.6 Å². The molecule has 6 heteroatoms. The van der Waals surface area contributed by atoms with E-state index in [-0.39, 0.29) is 30.2 Å². The van der Waals surface area contributed by atoms with Crippen molar-refractivity contribution < 1.29 is 13.9 Å². The molecule has 1 heterocycles. The minimum Gasteiger partial charge on any atom is -0.381 e. The van der Waals surface area contributed by atoms with E-state index in [1.54, 1.807) is 6.07 Å². The molecule has 130 valence electrons. The molecule has 2 N–H and O–H groups in total. The lowest BCUT2D eigenvalue weighted by molar-refractivity contribution is -0.130. The Morgan fingerprint density at radius 2 is 2.09 bits per heavy atom. The van der Waals surface area contributed by atoms with E-state index in [0.29, 0.717) is 32.6 Å². The monoisotopic (exact) mass is 344 g/mol. The van der Waals surface area contributed by atoms with Crippen molar-refractivity contribution in [3.63, 3.8) is 0 Å². The Hall–Kier alpha value is -1.17. The first kappa shape index (κ1) is 19.9. The molecule has 1 aliphatic heterocycles. The van der Waals surface area contributed by atoms with Crippen LogP contribution in [0.1, 0.15) is 32.3 Å². The number of nitrogens with one attached hydrogen (secondary N) is 2. The van der Waals surface area contributed by atoms with Gasteiger partial charge in [0, 0.05) is 25.8 Å². The third-order valence-corrected chi connectivity index (χ3v) is 4.28. The average molecular weight is 345 g/mol. The molecule has 1 aromatic rings. The minimum absolute atomic E-state index is 0. The topological polar surface area (TPSA) is 50.4 Å². The van der Waals surface area contributed by atoms with E-state index in [9.17, 15) is 9.18 Å². The molecule has 0 radical (unpaired) electrons. The standard InChI is InChI=1S/C17H25FN2O2.ClH/c1-3-19-13(2)12-20-16(21)17(7-9-22-10-8-17)14-5-4-6-15(18)11-14;/h4-6,11,13,19H,3,7-10,12H2,1-2H3,(H,20,21);1H/t13-;/m1./s1. The van der Waals surface area contributed by atoms with Crippen molar-refractivity contribution in [1.82, 2.24) is 10.6 Å². The highest BCUT2D eigenvalue weighted by Crippen LogP contribution is 2.35. The number of carbonyl (C=O) groups is 1. The maximum Gasteiger partial charge on any atom is 0.230 e. The lowest BCUT2D eigenvalue weighted by Crippen LogP contribution is -2.50. The molecular weight excluding hydrogens is 319 g/mol. The molecule has 1 aromatic carbocycles. The number of rotatable bonds is 6. The molecule has 1 fully saturated rings. The molecule has 1 atom stereocenters. The van der Waals surface area contributed by atoms with Gasteiger partial charge < -0.3 is 15.4 Å². The normalized spacial score (nSPS) is 17.9. The van der Waals surface area contributed by atoms with E-state index in [0.717, 1.165) is 12.1 Å². The van der Waals surface area contributed by atoms with Crippen LogP contribution in [-0.4, -0.2) is 38.3 Å². The fraction of sp³-hybridized carbons (Fsp3) is 0.588. The van der Waals surface area contributed by atoms with Gasteiger partial charge in [-0.1, -0.05) is 19.1 Å². The van der Waals surface area contributed by atoms with Crippen molar-refractivity contribution in [1.29, 1.82) is 0 Å². The maximum atomic E-state index is 13.6. The maximum absolute atomic E-state index is 13.6. The van der Waals surface area contributed by atoms with Crippen LogP contribution in [0.15, 0.2) is 24.3 Å². The van der Waals surface area contributed by atoms with Gasteiger partial charge in [-0.2, -0.15) is 0 Å². The van der Waals surface area contributed by atoms with E-state index in [4.69, 9.17) is 4.74 Å². The Morgan fingerprint density at radius 1 is 1.39 bits per heavy atom. The van der Waals surface area contributed by atoms with Crippen LogP contribution < -0.4 is 10.6 Å². The van der Waals surface area contributed by atoms with Crippen LogP contribution in [0.3, 0.4) is 0 Å². The summed E-state index contributed by atoms with van der Waals surface area (Å²) in [6.07, 6.45) is 1.16. The van der Waals surface area contributed by atoms with Crippen LogP contribution in [0.25, 0.3) is 0 Å². The Kier molecular flexibility index (Phi) is 7.95. The molecule has 2 rings (SSSR count). The number of likely N-dealkylation sites (N-methyl/N-ethyl adjacent to an activating group) is 1. The van der Waals surface area contributed by atoms with Crippen LogP contribution in [0.4, 0.5) is 4.39 Å². The first-order chi connectivity index (χ1) is 10.6. The second kappa shape index (κ2) is 9.21. The highest BCUT2D eigenvalue weighted by Gasteiger charge is 2.41. The van der Waals surface area contributed by atoms with E-state index in [1.165, 1.54) is 12.1 Å². The van der Waals surface area contributed by atoms with Gasteiger partial charge in [0.15, 0.2) is 0 Å². The number of hydrogen-bond acceptors (Lipinski definition) is 3. The smallest absolute Gasteiger partial charge is 0.230 e. The summed E-state index contributed by atoms with van der Waals surface area (Å²) in [6.45, 7) is 6.53. The van der Waals surface area contributed by atoms with Crippen molar-refractivity contribution in [3.8, 4) is 0 Å². The molecule has 1 saturated heterocycles. The lowest BCUT2D eigenvalue weighted by atomic mass is 9.73. The van der Waals surface area contributed by atoms with Gasteiger partial charge in [0.25, 0.3) is 0 Å². The van der Waals surface area contributed by atoms with Crippen LogP contribution in [0.5, 0.6) is 0 Å². The van der Waals surface area contributed by atoms with E-state index >= 15 is 0 Å². The fourth-order valence-corrected chi connectivity index (χ4v) is 2.99. The predicted octanol–water partition coefficient (Wildman–Crippen LogP) is 2.41. The summed E-state index contributed by atoms with van der Waals surface area (Å²) in [7, 11) is 0. The van der Waals surface area contributed by atoms with Gasteiger partial charge in [0.2, 0.25) is 5.91 Å². The largest absolute Gasteiger partial charge is 0.381 e. The van der Waals surface area contributed by atoms with Crippen LogP contribution in [0.2, 0.25) is 0 Å². The Balaban J connectivity index is 0.00000264. The fourth-order valence-electron chi connectivity index (χ4n) is 2.99. The molecular formula is C17H26ClFN2O2. The number of amides is 1. The summed E-state index contributed by atoms with van der Waals surface area (Å²) in [5.41, 5.74) is 0.0520. The number of ether oxygens (including phenoxy) is 1. The summed E-state index contributed by atoms with van der Waals surface area (Å²) in [4.78, 5) is 12.8. The molecule has 0 aliphatic carbocycles. The SMILES string of the molecule is CCN[C@H](C)CNC(=O)C1(c2cccc(F)c2)CCOCC1.Cl. The molecule has 0 unspecified atom stereocenters. The summed E-state index contributed by atoms with van der Waals surface area (Å²) in [6, 6.07) is 6.58. The van der Waals surface area contributed by atoms with E-state index in [1.807, 2.05) is 19.9 Å². The van der Waals surface area contributed by atoms with Gasteiger partial charge in [-0.3, -0.25) is 4.79 Å². The quantitative estimate of drug-likeness (QED) is 0.833. The van der Waals surface area contributed by atoms with Crippen molar-refractivity contribution in [2.45, 2.75) is 38.1 Å². The van der Waals surface area contributed by atoms with Gasteiger partial charge in [-0.25, -0.2) is 4.39 Å². The Bertz CT molecular complexity index is 507. The summed E-state index contributed by atoms with van der Waals surface area (Å²) < 4.78 is 19.0. The summed E-state index contributed by atoms with van der Waals surface area (Å²) in [5, 5.41) is 6.28. The molecule has 0 aromatic heterocycles. The third-order valence-electron chi connectivity index (χ3n) is 4.28. The predicted molar refractivity (Wildman–Crippen MR) is 91.5 cm³/mol. The van der Waals surface area contributed by atoms with Gasteiger partial charge >= 0.3 is 0 Å². The molecule has 1 aliphatic rings. The highest BCUT2D eigenvalue weighted by molar-refractivity contribution is 5.88. The van der Waals surface area contributed by atoms with Crippen molar-refractivity contribution >= 4 is 18.3 Å². The van der Waals surface area contributed by atoms with Gasteiger partial charge in [0.1, 0.15) is 5.82 Å². The van der Waals surface area contributed by atoms with Crippen LogP contribution >= 0.6 is 12.4 Å². The zero-order valence-electron chi connectivity index (χ0n) is 13.7. The van der Waals surface area contributed by atoms with Gasteiger partial charge in [-0.15, -0.1) is 12.4 Å². The molecule has 1 amide bonds. The van der Waals surface area contributed by atoms with E-state index in [2.05, 4.69) is 10.6 Å². The first-order valence-corrected chi connectivity index (χ1v) is 7.94. The van der Waals surface area contributed by atoms with Gasteiger partial charge in [-0.05, 0) is 44.0 Å². The second-order valence-electron chi connectivity index (χ2n) is 5.87. The molecule has 0 bridgehead atoms. The number of hydrogen-bond donors (Lipinski definition) is 2. The molecule has 4 nitrogen and oxygen atoms in total. The van der Waals surface area contributed by atoms with Gasteiger partial charge in [0.05, 0.1) is 5.41 Å². The zero-order chi connectivity index (χ0) is 16.0. The Labute approximate surface area is 143 Å². The molecule has 0 spiro atoms. The summed E-state index contributed by atoms with van der Waals surface area (Å²) in [5.74, 6) is -0.344. The van der Waals surface area contributed by atoms with Crippen molar-refractivity contribution in [2.75, 3.05) is 26.3 Å². The number of benzene rings is 1. The minimum atomic E-state index is -0.688. The second-order valence-corrected chi connectivity index (χ2v) is 5.87. The zero-order valence-corrected chi connectivity index (χ0v) is 14.5. The van der Waals surface area contributed by atoms with Crippen LogP contribution in [0, 0.1) is 5.82 Å². The Morgan fingerprint density at radius 3 is 2.70 bits per heavy atom. The molecule has 23 heavy (non-hydrogen) atoms. The van der Waals surface area contributed by atoms with Crippen LogP contribution in [-0.2, 0) is 14.9 Å². The number of halogens is 2. The lowest BCUT2D eigenvalue weighted by Gasteiger charge is -2.36.